The summed E-state index contributed by atoms with van der Waals surface area (Å²) in [5.74, 6) is 0.840. The van der Waals surface area contributed by atoms with Crippen LogP contribution in [0.3, 0.4) is 0 Å². The molecule has 0 spiro atoms. The third kappa shape index (κ3) is 1.98. The number of benzene rings is 2. The summed E-state index contributed by atoms with van der Waals surface area (Å²) >= 11 is 6.21. The molecule has 0 fully saturated rings. The van der Waals surface area contributed by atoms with E-state index in [-0.39, 0.29) is 0 Å². The molecule has 2 aromatic carbocycles. The van der Waals surface area contributed by atoms with Crippen molar-refractivity contribution in [3.05, 3.63) is 53.6 Å². The minimum atomic E-state index is 0.416. The number of fused-ring (bicyclic) bond motifs is 1. The van der Waals surface area contributed by atoms with Crippen LogP contribution in [0.1, 0.15) is 0 Å². The Balaban J connectivity index is 2.34. The first kappa shape index (κ1) is 11.8. The molecular formula is C15H12ClN3. The van der Waals surface area contributed by atoms with E-state index in [1.54, 1.807) is 6.07 Å². The molecule has 0 aliphatic carbocycles. The van der Waals surface area contributed by atoms with Gasteiger partial charge in [0, 0.05) is 16.0 Å². The van der Waals surface area contributed by atoms with Crippen LogP contribution in [0.25, 0.3) is 21.9 Å². The summed E-state index contributed by atoms with van der Waals surface area (Å²) in [7, 11) is 0. The number of aromatic nitrogens is 1. The van der Waals surface area contributed by atoms with E-state index in [1.807, 2.05) is 42.5 Å². The van der Waals surface area contributed by atoms with Gasteiger partial charge in [0.2, 0.25) is 0 Å². The molecule has 0 aliphatic heterocycles. The lowest BCUT2D eigenvalue weighted by Gasteiger charge is -2.10. The maximum absolute atomic E-state index is 6.21. The molecule has 4 heteroatoms. The molecule has 0 atom stereocenters. The second-order valence-electron chi connectivity index (χ2n) is 4.31. The van der Waals surface area contributed by atoms with E-state index in [4.69, 9.17) is 23.1 Å². The van der Waals surface area contributed by atoms with Crippen LogP contribution in [0.5, 0.6) is 0 Å². The summed E-state index contributed by atoms with van der Waals surface area (Å²) < 4.78 is 0. The third-order valence-corrected chi connectivity index (χ3v) is 3.44. The number of nitrogens with two attached hydrogens (primary N) is 2. The molecule has 0 aliphatic rings. The molecule has 3 nitrogen and oxygen atoms in total. The van der Waals surface area contributed by atoms with Gasteiger partial charge in [-0.3, -0.25) is 0 Å². The molecule has 3 rings (SSSR count). The van der Waals surface area contributed by atoms with Crippen LogP contribution in [0.15, 0.2) is 48.5 Å². The maximum atomic E-state index is 6.21. The molecule has 0 amide bonds. The van der Waals surface area contributed by atoms with Crippen LogP contribution >= 0.6 is 11.6 Å². The van der Waals surface area contributed by atoms with Crippen LogP contribution in [0.4, 0.5) is 11.6 Å². The zero-order valence-corrected chi connectivity index (χ0v) is 10.9. The van der Waals surface area contributed by atoms with E-state index in [0.717, 1.165) is 26.9 Å². The van der Waals surface area contributed by atoms with E-state index < -0.39 is 0 Å². The average Bonchev–Trinajstić information content (AvgIpc) is 2.41. The zero-order valence-electron chi connectivity index (χ0n) is 10.1. The van der Waals surface area contributed by atoms with Gasteiger partial charge < -0.3 is 11.5 Å². The van der Waals surface area contributed by atoms with E-state index >= 15 is 0 Å². The van der Waals surface area contributed by atoms with Crippen LogP contribution in [0, 0.1) is 0 Å². The molecule has 3 aromatic rings. The van der Waals surface area contributed by atoms with Gasteiger partial charge in [-0.1, -0.05) is 41.9 Å². The molecular weight excluding hydrogens is 258 g/mol. The first-order valence-electron chi connectivity index (χ1n) is 5.86. The van der Waals surface area contributed by atoms with Crippen molar-refractivity contribution >= 4 is 34.0 Å². The van der Waals surface area contributed by atoms with Gasteiger partial charge in [-0.2, -0.15) is 0 Å². The molecule has 1 aromatic heterocycles. The van der Waals surface area contributed by atoms with Crippen molar-refractivity contribution < 1.29 is 0 Å². The Morgan fingerprint density at radius 3 is 2.21 bits per heavy atom. The zero-order chi connectivity index (χ0) is 13.4. The Morgan fingerprint density at radius 2 is 1.47 bits per heavy atom. The van der Waals surface area contributed by atoms with Crippen molar-refractivity contribution in [3.63, 3.8) is 0 Å². The van der Waals surface area contributed by atoms with Gasteiger partial charge in [-0.05, 0) is 29.1 Å². The smallest absolute Gasteiger partial charge is 0.133 e. The quantitative estimate of drug-likeness (QED) is 0.708. The first-order valence-corrected chi connectivity index (χ1v) is 6.24. The van der Waals surface area contributed by atoms with E-state index in [9.17, 15) is 0 Å². The first-order chi connectivity index (χ1) is 9.16. The predicted molar refractivity (Wildman–Crippen MR) is 81.0 cm³/mol. The minimum Gasteiger partial charge on any atom is -0.384 e. The second-order valence-corrected chi connectivity index (χ2v) is 4.72. The predicted octanol–water partition coefficient (Wildman–Crippen LogP) is 3.72. The van der Waals surface area contributed by atoms with Gasteiger partial charge in [0.1, 0.15) is 11.6 Å². The summed E-state index contributed by atoms with van der Waals surface area (Å²) in [5, 5.41) is 2.77. The number of halogens is 1. The lowest BCUT2D eigenvalue weighted by Crippen LogP contribution is -1.98. The fourth-order valence-electron chi connectivity index (χ4n) is 2.22. The van der Waals surface area contributed by atoms with Crippen molar-refractivity contribution in [1.29, 1.82) is 0 Å². The topological polar surface area (TPSA) is 64.9 Å². The molecule has 0 bridgehead atoms. The fraction of sp³-hybridized carbons (Fsp3) is 0. The summed E-state index contributed by atoms with van der Waals surface area (Å²) in [5.41, 5.74) is 13.5. The molecule has 1 heterocycles. The summed E-state index contributed by atoms with van der Waals surface area (Å²) in [4.78, 5) is 4.10. The monoisotopic (exact) mass is 269 g/mol. The minimum absolute atomic E-state index is 0.416. The Kier molecular flexibility index (Phi) is 2.76. The van der Waals surface area contributed by atoms with Crippen molar-refractivity contribution in [1.82, 2.24) is 4.98 Å². The lowest BCUT2D eigenvalue weighted by atomic mass is 9.98. The van der Waals surface area contributed by atoms with Gasteiger partial charge in [0.05, 0.1) is 0 Å². The highest BCUT2D eigenvalue weighted by atomic mass is 35.5. The van der Waals surface area contributed by atoms with E-state index in [2.05, 4.69) is 4.98 Å². The maximum Gasteiger partial charge on any atom is 0.133 e. The third-order valence-electron chi connectivity index (χ3n) is 3.11. The Bertz CT molecular complexity index is 768. The van der Waals surface area contributed by atoms with Crippen molar-refractivity contribution in [2.45, 2.75) is 0 Å². The lowest BCUT2D eigenvalue weighted by molar-refractivity contribution is 1.34. The van der Waals surface area contributed by atoms with Crippen LogP contribution < -0.4 is 11.5 Å². The summed E-state index contributed by atoms with van der Waals surface area (Å²) in [6.07, 6.45) is 0. The van der Waals surface area contributed by atoms with Crippen molar-refractivity contribution in [2.24, 2.45) is 0 Å². The van der Waals surface area contributed by atoms with Crippen LogP contribution in [-0.4, -0.2) is 4.98 Å². The Hall–Kier alpha value is -2.26. The van der Waals surface area contributed by atoms with Crippen molar-refractivity contribution in [3.8, 4) is 11.1 Å². The van der Waals surface area contributed by atoms with Gasteiger partial charge in [0.25, 0.3) is 0 Å². The SMILES string of the molecule is Nc1ccc(-c2ccc(Cl)c3ccccc23)c(N)n1. The average molecular weight is 270 g/mol. The van der Waals surface area contributed by atoms with Crippen molar-refractivity contribution in [2.75, 3.05) is 11.5 Å². The molecule has 0 saturated heterocycles. The number of nitrogens with zero attached hydrogens (tertiary/aromatic N) is 1. The normalized spacial score (nSPS) is 10.8. The van der Waals surface area contributed by atoms with Crippen LogP contribution in [-0.2, 0) is 0 Å². The molecule has 0 saturated carbocycles. The van der Waals surface area contributed by atoms with E-state index in [1.165, 1.54) is 0 Å². The van der Waals surface area contributed by atoms with E-state index in [0.29, 0.717) is 11.6 Å². The number of nitrogen functional groups attached to an aromatic ring is 2. The number of anilines is 2. The van der Waals surface area contributed by atoms with Gasteiger partial charge in [-0.25, -0.2) is 4.98 Å². The number of hydrogen-bond acceptors (Lipinski definition) is 3. The Morgan fingerprint density at radius 1 is 0.789 bits per heavy atom. The number of rotatable bonds is 1. The molecule has 0 radical (unpaired) electrons. The van der Waals surface area contributed by atoms with Gasteiger partial charge >= 0.3 is 0 Å². The highest BCUT2D eigenvalue weighted by Gasteiger charge is 2.09. The Labute approximate surface area is 115 Å². The highest BCUT2D eigenvalue weighted by molar-refractivity contribution is 6.36. The molecule has 19 heavy (non-hydrogen) atoms. The summed E-state index contributed by atoms with van der Waals surface area (Å²) in [6, 6.07) is 15.4. The largest absolute Gasteiger partial charge is 0.384 e. The number of pyridine rings is 1. The van der Waals surface area contributed by atoms with Gasteiger partial charge in [0.15, 0.2) is 0 Å². The number of hydrogen-bond donors (Lipinski definition) is 2. The fourth-order valence-corrected chi connectivity index (χ4v) is 2.44. The standard InChI is InChI=1S/C15H12ClN3/c16-13-7-5-10(9-3-1-2-4-11(9)13)12-6-8-14(17)19-15(12)18/h1-8H,(H4,17,18,19). The van der Waals surface area contributed by atoms with Gasteiger partial charge in [-0.15, -0.1) is 0 Å². The summed E-state index contributed by atoms with van der Waals surface area (Å²) in [6.45, 7) is 0. The molecule has 0 unspecified atom stereocenters. The van der Waals surface area contributed by atoms with Crippen LogP contribution in [0.2, 0.25) is 5.02 Å². The highest BCUT2D eigenvalue weighted by Crippen LogP contribution is 2.35. The molecule has 94 valence electrons. The second kappa shape index (κ2) is 4.44. The molecule has 4 N–H and O–H groups in total.